The first-order valence-electron chi connectivity index (χ1n) is 14.5. The smallest absolute Gasteiger partial charge is 0.368 e. The molecule has 43 heavy (non-hydrogen) atoms. The molecule has 4 rings (SSSR count). The number of hydrogen-bond donors (Lipinski definition) is 0. The predicted octanol–water partition coefficient (Wildman–Crippen LogP) is 5.22. The SMILES string of the molecule is CC(=O)N1CCN(c2ccc3ncn(CC(=O)CC(CC(=O)CCC(C)C)c4ccc(C(F)(F)F)cc4)c(=O)c3c2)CC1. The lowest BCUT2D eigenvalue weighted by Crippen LogP contribution is -2.48. The van der Waals surface area contributed by atoms with Crippen LogP contribution < -0.4 is 10.5 Å². The molecule has 11 heteroatoms. The van der Waals surface area contributed by atoms with E-state index in [4.69, 9.17) is 0 Å². The fourth-order valence-electron chi connectivity index (χ4n) is 5.34. The molecule has 0 radical (unpaired) electrons. The molecule has 2 heterocycles. The van der Waals surface area contributed by atoms with Gasteiger partial charge < -0.3 is 9.80 Å². The minimum Gasteiger partial charge on any atom is -0.368 e. The van der Waals surface area contributed by atoms with Crippen LogP contribution in [0, 0.1) is 5.92 Å². The number of halogens is 3. The van der Waals surface area contributed by atoms with Crippen LogP contribution in [-0.4, -0.2) is 58.1 Å². The normalized spacial score (nSPS) is 14.8. The highest BCUT2D eigenvalue weighted by molar-refractivity contribution is 5.84. The summed E-state index contributed by atoms with van der Waals surface area (Å²) in [5, 5.41) is 0.352. The summed E-state index contributed by atoms with van der Waals surface area (Å²) in [5.74, 6) is -0.670. The van der Waals surface area contributed by atoms with Crippen molar-refractivity contribution in [3.05, 3.63) is 70.3 Å². The molecule has 3 aromatic rings. The van der Waals surface area contributed by atoms with Gasteiger partial charge in [0.05, 0.1) is 29.3 Å². The van der Waals surface area contributed by atoms with Gasteiger partial charge in [-0.3, -0.25) is 23.7 Å². The largest absolute Gasteiger partial charge is 0.416 e. The molecule has 1 aliphatic rings. The van der Waals surface area contributed by atoms with Gasteiger partial charge in [-0.05, 0) is 54.2 Å². The molecule has 0 N–H and O–H groups in total. The minimum atomic E-state index is -4.50. The number of ketones is 2. The number of benzene rings is 2. The third-order valence-corrected chi connectivity index (χ3v) is 7.90. The molecule has 1 amide bonds. The minimum absolute atomic E-state index is 0.0228. The summed E-state index contributed by atoms with van der Waals surface area (Å²) in [6, 6.07) is 9.92. The molecule has 0 saturated carbocycles. The van der Waals surface area contributed by atoms with Crippen molar-refractivity contribution in [3.63, 3.8) is 0 Å². The van der Waals surface area contributed by atoms with E-state index in [2.05, 4.69) is 9.88 Å². The van der Waals surface area contributed by atoms with E-state index < -0.39 is 17.7 Å². The van der Waals surface area contributed by atoms with Crippen molar-refractivity contribution < 1.29 is 27.6 Å². The maximum atomic E-state index is 13.4. The third-order valence-electron chi connectivity index (χ3n) is 7.90. The van der Waals surface area contributed by atoms with Gasteiger partial charge in [0.2, 0.25) is 5.91 Å². The lowest BCUT2D eigenvalue weighted by Gasteiger charge is -2.35. The Morgan fingerprint density at radius 1 is 0.930 bits per heavy atom. The number of piperazine rings is 1. The molecule has 1 aromatic heterocycles. The summed E-state index contributed by atoms with van der Waals surface area (Å²) in [6.45, 7) is 7.67. The number of carbonyl (C=O) groups excluding carboxylic acids is 3. The molecule has 0 aliphatic carbocycles. The number of hydrogen-bond acceptors (Lipinski definition) is 6. The van der Waals surface area contributed by atoms with Crippen molar-refractivity contribution >= 4 is 34.1 Å². The average molecular weight is 599 g/mol. The van der Waals surface area contributed by atoms with Gasteiger partial charge in [0.25, 0.3) is 5.56 Å². The van der Waals surface area contributed by atoms with Gasteiger partial charge in [-0.1, -0.05) is 26.0 Å². The molecule has 0 bridgehead atoms. The zero-order valence-electron chi connectivity index (χ0n) is 24.7. The highest BCUT2D eigenvalue weighted by Gasteiger charge is 2.30. The summed E-state index contributed by atoms with van der Waals surface area (Å²) < 4.78 is 40.6. The van der Waals surface area contributed by atoms with Gasteiger partial charge in [0, 0.05) is 58.1 Å². The lowest BCUT2D eigenvalue weighted by atomic mass is 9.87. The van der Waals surface area contributed by atoms with Crippen LogP contribution in [0.3, 0.4) is 0 Å². The fourth-order valence-corrected chi connectivity index (χ4v) is 5.34. The second kappa shape index (κ2) is 13.5. The first-order chi connectivity index (χ1) is 20.3. The van der Waals surface area contributed by atoms with E-state index in [1.54, 1.807) is 17.0 Å². The second-order valence-electron chi connectivity index (χ2n) is 11.6. The van der Waals surface area contributed by atoms with Crippen molar-refractivity contribution in [2.24, 2.45) is 5.92 Å². The van der Waals surface area contributed by atoms with Gasteiger partial charge >= 0.3 is 6.18 Å². The Labute approximate surface area is 248 Å². The fraction of sp³-hybridized carbons (Fsp3) is 0.469. The molecule has 1 unspecified atom stereocenters. The quantitative estimate of drug-likeness (QED) is 0.301. The number of anilines is 1. The van der Waals surface area contributed by atoms with Crippen molar-refractivity contribution in [1.82, 2.24) is 14.5 Å². The Bertz CT molecular complexity index is 1520. The van der Waals surface area contributed by atoms with E-state index in [0.717, 1.165) is 17.8 Å². The van der Waals surface area contributed by atoms with Crippen LogP contribution in [0.5, 0.6) is 0 Å². The summed E-state index contributed by atoms with van der Waals surface area (Å²) in [6.07, 6.45) is -2.26. The molecule has 1 fully saturated rings. The Morgan fingerprint density at radius 2 is 1.58 bits per heavy atom. The summed E-state index contributed by atoms with van der Waals surface area (Å²) in [7, 11) is 0. The van der Waals surface area contributed by atoms with Crippen molar-refractivity contribution in [1.29, 1.82) is 0 Å². The number of aromatic nitrogens is 2. The topological polar surface area (TPSA) is 92.6 Å². The predicted molar refractivity (Wildman–Crippen MR) is 158 cm³/mol. The third kappa shape index (κ3) is 8.30. The van der Waals surface area contributed by atoms with Crippen LogP contribution in [0.25, 0.3) is 10.9 Å². The highest BCUT2D eigenvalue weighted by Crippen LogP contribution is 2.32. The Kier molecular flexibility index (Phi) is 10.0. The number of fused-ring (bicyclic) bond motifs is 1. The number of amides is 1. The molecular weight excluding hydrogens is 561 g/mol. The van der Waals surface area contributed by atoms with Crippen molar-refractivity contribution in [3.8, 4) is 0 Å². The molecule has 1 saturated heterocycles. The Morgan fingerprint density at radius 3 is 2.19 bits per heavy atom. The maximum Gasteiger partial charge on any atom is 0.416 e. The molecule has 2 aromatic carbocycles. The molecule has 230 valence electrons. The van der Waals surface area contributed by atoms with Crippen LogP contribution in [0.4, 0.5) is 18.9 Å². The summed E-state index contributed by atoms with van der Waals surface area (Å²) in [4.78, 5) is 59.2. The first kappa shape index (κ1) is 31.9. The Balaban J connectivity index is 1.52. The highest BCUT2D eigenvalue weighted by atomic mass is 19.4. The maximum absolute atomic E-state index is 13.4. The summed E-state index contributed by atoms with van der Waals surface area (Å²) in [5.41, 5.74) is 0.583. The zero-order valence-corrected chi connectivity index (χ0v) is 24.7. The first-order valence-corrected chi connectivity index (χ1v) is 14.5. The molecular formula is C32H37F3N4O4. The van der Waals surface area contributed by atoms with Crippen LogP contribution in [0.2, 0.25) is 0 Å². The van der Waals surface area contributed by atoms with Crippen molar-refractivity contribution in [2.75, 3.05) is 31.1 Å². The van der Waals surface area contributed by atoms with E-state index in [9.17, 15) is 32.3 Å². The Hall–Kier alpha value is -4.02. The zero-order chi connectivity index (χ0) is 31.3. The summed E-state index contributed by atoms with van der Waals surface area (Å²) >= 11 is 0. The van der Waals surface area contributed by atoms with E-state index >= 15 is 0 Å². The van der Waals surface area contributed by atoms with Gasteiger partial charge in [0.1, 0.15) is 5.78 Å². The van der Waals surface area contributed by atoms with Crippen LogP contribution in [0.1, 0.15) is 63.5 Å². The average Bonchev–Trinajstić information content (AvgIpc) is 2.97. The molecule has 8 nitrogen and oxygen atoms in total. The van der Waals surface area contributed by atoms with Crippen LogP contribution in [-0.2, 0) is 27.1 Å². The second-order valence-corrected chi connectivity index (χ2v) is 11.6. The molecule has 1 atom stereocenters. The van der Waals surface area contributed by atoms with Gasteiger partial charge in [-0.25, -0.2) is 4.98 Å². The van der Waals surface area contributed by atoms with Gasteiger partial charge in [-0.15, -0.1) is 0 Å². The van der Waals surface area contributed by atoms with E-state index in [1.165, 1.54) is 30.0 Å². The number of rotatable bonds is 11. The number of Topliss-reactive ketones (excluding diaryl/α,β-unsaturated/α-hetero) is 2. The van der Waals surface area contributed by atoms with Crippen molar-refractivity contribution in [2.45, 2.75) is 65.1 Å². The van der Waals surface area contributed by atoms with Crippen LogP contribution >= 0.6 is 0 Å². The van der Waals surface area contributed by atoms with Gasteiger partial charge in [0.15, 0.2) is 5.78 Å². The number of nitrogens with zero attached hydrogens (tertiary/aromatic N) is 4. The van der Waals surface area contributed by atoms with Gasteiger partial charge in [-0.2, -0.15) is 13.2 Å². The van der Waals surface area contributed by atoms with E-state index in [0.29, 0.717) is 61.4 Å². The van der Waals surface area contributed by atoms with Crippen LogP contribution in [0.15, 0.2) is 53.6 Å². The van der Waals surface area contributed by atoms with E-state index in [-0.39, 0.29) is 42.4 Å². The molecule has 1 aliphatic heterocycles. The number of carbonyl (C=O) groups is 3. The van der Waals surface area contributed by atoms with E-state index in [1.807, 2.05) is 19.9 Å². The number of alkyl halides is 3. The monoisotopic (exact) mass is 598 g/mol. The standard InChI is InChI=1S/C32H37F3N4O4/c1-21(2)4-10-27(41)16-24(23-5-7-25(8-6-23)32(33,34)35)17-28(42)19-39-20-36-30-11-9-26(18-29(30)31(39)43)38-14-12-37(13-15-38)22(3)40/h5-9,11,18,20-21,24H,4,10,12-17,19H2,1-3H3. The lowest BCUT2D eigenvalue weighted by molar-refractivity contribution is -0.137. The molecule has 0 spiro atoms.